The van der Waals surface area contributed by atoms with E-state index in [0.717, 1.165) is 0 Å². The van der Waals surface area contributed by atoms with E-state index in [2.05, 4.69) is 20.7 Å². The van der Waals surface area contributed by atoms with Crippen molar-refractivity contribution in [2.24, 2.45) is 0 Å². The quantitative estimate of drug-likeness (QED) is 0.839. The van der Waals surface area contributed by atoms with Crippen molar-refractivity contribution in [2.45, 2.75) is 17.9 Å². The van der Waals surface area contributed by atoms with Crippen LogP contribution in [0.2, 0.25) is 0 Å². The molecule has 1 atom stereocenters. The van der Waals surface area contributed by atoms with Crippen molar-refractivity contribution in [3.63, 3.8) is 0 Å². The van der Waals surface area contributed by atoms with Gasteiger partial charge in [-0.15, -0.1) is 0 Å². The van der Waals surface area contributed by atoms with Gasteiger partial charge in [0.25, 0.3) is 0 Å². The summed E-state index contributed by atoms with van der Waals surface area (Å²) < 4.78 is 32.4. The van der Waals surface area contributed by atoms with Gasteiger partial charge < -0.3 is 9.52 Å². The molecule has 21 heavy (non-hydrogen) atoms. The molecular weight excluding hydrogens is 362 g/mol. The molecule has 1 aromatic heterocycles. The Morgan fingerprint density at radius 1 is 1.38 bits per heavy atom. The van der Waals surface area contributed by atoms with Gasteiger partial charge >= 0.3 is 5.97 Å². The van der Waals surface area contributed by atoms with Crippen LogP contribution in [0.15, 0.2) is 50.4 Å². The van der Waals surface area contributed by atoms with Crippen LogP contribution in [-0.4, -0.2) is 19.5 Å². The molecule has 0 spiro atoms. The molecule has 112 valence electrons. The molecular formula is C13H12BrNO5S. The highest BCUT2D eigenvalue weighted by atomic mass is 79.9. The monoisotopic (exact) mass is 373 g/mol. The maximum Gasteiger partial charge on any atom is 0.335 e. The number of carboxylic acids is 1. The third-order valence-corrected chi connectivity index (χ3v) is 5.29. The number of benzene rings is 1. The molecule has 1 heterocycles. The number of hydrogen-bond donors (Lipinski definition) is 2. The number of sulfonamides is 1. The van der Waals surface area contributed by atoms with E-state index < -0.39 is 22.0 Å². The first-order valence-corrected chi connectivity index (χ1v) is 8.17. The van der Waals surface area contributed by atoms with Gasteiger partial charge in [-0.3, -0.25) is 0 Å². The zero-order chi connectivity index (χ0) is 15.6. The third-order valence-electron chi connectivity index (χ3n) is 2.77. The molecule has 2 aromatic rings. The average molecular weight is 374 g/mol. The molecule has 0 amide bonds. The van der Waals surface area contributed by atoms with Crippen LogP contribution in [0.5, 0.6) is 0 Å². The second kappa shape index (κ2) is 6.00. The van der Waals surface area contributed by atoms with Crippen LogP contribution in [0.25, 0.3) is 0 Å². The first-order chi connectivity index (χ1) is 9.81. The highest BCUT2D eigenvalue weighted by Gasteiger charge is 2.22. The standard InChI is InChI=1S/C13H12BrNO5S/c1-8(11-3-2-6-20-11)15-21(18,19)12-5-4-9(13(16)17)7-10(12)14/h2-8,15H,1H3,(H,16,17). The van der Waals surface area contributed by atoms with E-state index in [0.29, 0.717) is 5.76 Å². The smallest absolute Gasteiger partial charge is 0.335 e. The molecule has 1 unspecified atom stereocenters. The molecule has 0 aliphatic rings. The Morgan fingerprint density at radius 2 is 2.10 bits per heavy atom. The minimum Gasteiger partial charge on any atom is -0.478 e. The Hall–Kier alpha value is -1.64. The number of nitrogens with one attached hydrogen (secondary N) is 1. The van der Waals surface area contributed by atoms with Crippen molar-refractivity contribution < 1.29 is 22.7 Å². The van der Waals surface area contributed by atoms with Crippen molar-refractivity contribution in [1.82, 2.24) is 4.72 Å². The van der Waals surface area contributed by atoms with E-state index in [-0.39, 0.29) is 14.9 Å². The van der Waals surface area contributed by atoms with Crippen molar-refractivity contribution in [1.29, 1.82) is 0 Å². The lowest BCUT2D eigenvalue weighted by Gasteiger charge is -2.13. The van der Waals surface area contributed by atoms with E-state index >= 15 is 0 Å². The molecule has 0 radical (unpaired) electrons. The molecule has 6 nitrogen and oxygen atoms in total. The SMILES string of the molecule is CC(NS(=O)(=O)c1ccc(C(=O)O)cc1Br)c1ccco1. The molecule has 0 fully saturated rings. The van der Waals surface area contributed by atoms with Gasteiger partial charge in [0.05, 0.1) is 22.8 Å². The Labute approximate surface area is 130 Å². The zero-order valence-corrected chi connectivity index (χ0v) is 13.3. The van der Waals surface area contributed by atoms with E-state index in [1.807, 2.05) is 0 Å². The van der Waals surface area contributed by atoms with Crippen LogP contribution in [0.4, 0.5) is 0 Å². The Balaban J connectivity index is 2.29. The molecule has 1 aromatic carbocycles. The summed E-state index contributed by atoms with van der Waals surface area (Å²) in [7, 11) is -3.81. The highest BCUT2D eigenvalue weighted by Crippen LogP contribution is 2.25. The topological polar surface area (TPSA) is 96.6 Å². The maximum atomic E-state index is 12.3. The third kappa shape index (κ3) is 3.52. The lowest BCUT2D eigenvalue weighted by atomic mass is 10.2. The van der Waals surface area contributed by atoms with Crippen LogP contribution < -0.4 is 4.72 Å². The number of carbonyl (C=O) groups is 1. The molecule has 0 aliphatic heterocycles. The maximum absolute atomic E-state index is 12.3. The van der Waals surface area contributed by atoms with Gasteiger partial charge in [0.1, 0.15) is 5.76 Å². The minimum absolute atomic E-state index is 0.0000851. The van der Waals surface area contributed by atoms with Gasteiger partial charge in [0.2, 0.25) is 10.0 Å². The molecule has 0 saturated carbocycles. The number of furan rings is 1. The number of rotatable bonds is 5. The van der Waals surface area contributed by atoms with Crippen LogP contribution in [-0.2, 0) is 10.0 Å². The summed E-state index contributed by atoms with van der Waals surface area (Å²) in [4.78, 5) is 10.8. The first kappa shape index (κ1) is 15.7. The van der Waals surface area contributed by atoms with Crippen LogP contribution >= 0.6 is 15.9 Å². The molecule has 0 bridgehead atoms. The van der Waals surface area contributed by atoms with Crippen LogP contribution in [0.1, 0.15) is 29.1 Å². The number of carboxylic acid groups (broad SMARTS) is 1. The predicted molar refractivity (Wildman–Crippen MR) is 78.5 cm³/mol. The fourth-order valence-corrected chi connectivity index (χ4v) is 4.03. The lowest BCUT2D eigenvalue weighted by molar-refractivity contribution is 0.0696. The lowest BCUT2D eigenvalue weighted by Crippen LogP contribution is -2.27. The molecule has 0 saturated heterocycles. The van der Waals surface area contributed by atoms with Gasteiger partial charge in [-0.05, 0) is 53.2 Å². The van der Waals surface area contributed by atoms with Crippen molar-refractivity contribution in [3.8, 4) is 0 Å². The van der Waals surface area contributed by atoms with Gasteiger partial charge in [0, 0.05) is 4.47 Å². The second-order valence-corrected chi connectivity index (χ2v) is 6.85. The highest BCUT2D eigenvalue weighted by molar-refractivity contribution is 9.10. The molecule has 8 heteroatoms. The van der Waals surface area contributed by atoms with Gasteiger partial charge in [-0.1, -0.05) is 0 Å². The summed E-state index contributed by atoms with van der Waals surface area (Å²) in [5.41, 5.74) is -0.0000851. The van der Waals surface area contributed by atoms with E-state index in [1.54, 1.807) is 19.1 Å². The molecule has 2 rings (SSSR count). The molecule has 2 N–H and O–H groups in total. The van der Waals surface area contributed by atoms with Crippen LogP contribution in [0, 0.1) is 0 Å². The largest absolute Gasteiger partial charge is 0.478 e. The van der Waals surface area contributed by atoms with Crippen LogP contribution in [0.3, 0.4) is 0 Å². The first-order valence-electron chi connectivity index (χ1n) is 5.90. The van der Waals surface area contributed by atoms with Gasteiger partial charge in [-0.2, -0.15) is 0 Å². The summed E-state index contributed by atoms with van der Waals surface area (Å²) in [5.74, 6) is -0.645. The van der Waals surface area contributed by atoms with Gasteiger partial charge in [-0.25, -0.2) is 17.9 Å². The van der Waals surface area contributed by atoms with Crippen molar-refractivity contribution in [2.75, 3.05) is 0 Å². The number of halogens is 1. The Bertz CT molecular complexity index is 755. The second-order valence-electron chi connectivity index (χ2n) is 4.31. The van der Waals surface area contributed by atoms with E-state index in [1.165, 1.54) is 24.5 Å². The summed E-state index contributed by atoms with van der Waals surface area (Å²) in [6.45, 7) is 1.65. The van der Waals surface area contributed by atoms with E-state index in [4.69, 9.17) is 9.52 Å². The molecule has 0 aliphatic carbocycles. The average Bonchev–Trinajstić information content (AvgIpc) is 2.91. The fraction of sp³-hybridized carbons (Fsp3) is 0.154. The summed E-state index contributed by atoms with van der Waals surface area (Å²) >= 11 is 3.08. The van der Waals surface area contributed by atoms with Crippen molar-refractivity contribution >= 4 is 31.9 Å². The number of hydrogen-bond acceptors (Lipinski definition) is 4. The zero-order valence-electron chi connectivity index (χ0n) is 10.9. The summed E-state index contributed by atoms with van der Waals surface area (Å²) in [6.07, 6.45) is 1.46. The number of aromatic carboxylic acids is 1. The summed E-state index contributed by atoms with van der Waals surface area (Å²) in [5, 5.41) is 8.88. The van der Waals surface area contributed by atoms with E-state index in [9.17, 15) is 13.2 Å². The summed E-state index contributed by atoms with van der Waals surface area (Å²) in [6, 6.07) is 6.50. The normalized spacial score (nSPS) is 13.0. The van der Waals surface area contributed by atoms with Crippen molar-refractivity contribution in [3.05, 3.63) is 52.4 Å². The minimum atomic E-state index is -3.81. The Morgan fingerprint density at radius 3 is 2.62 bits per heavy atom. The fourth-order valence-electron chi connectivity index (χ4n) is 1.74. The Kier molecular flexibility index (Phi) is 4.50. The van der Waals surface area contributed by atoms with Gasteiger partial charge in [0.15, 0.2) is 0 Å². The predicted octanol–water partition coefficient (Wildman–Crippen LogP) is 2.78.